The predicted molar refractivity (Wildman–Crippen MR) is 75.5 cm³/mol. The minimum Gasteiger partial charge on any atom is -0.454 e. The van der Waals surface area contributed by atoms with Crippen LogP contribution in [0.5, 0.6) is 11.5 Å². The SMILES string of the molecule is CN(C)N[C@H]1CCCC[C@]1(O)c1ccc2c(c1)OCO2. The summed E-state index contributed by atoms with van der Waals surface area (Å²) in [5, 5.41) is 13.1. The normalized spacial score (nSPS) is 28.9. The van der Waals surface area contributed by atoms with Crippen LogP contribution in [-0.4, -0.2) is 37.0 Å². The quantitative estimate of drug-likeness (QED) is 0.823. The van der Waals surface area contributed by atoms with E-state index in [-0.39, 0.29) is 12.8 Å². The first kappa shape index (κ1) is 13.7. The summed E-state index contributed by atoms with van der Waals surface area (Å²) in [4.78, 5) is 0. The molecule has 1 heterocycles. The molecule has 0 saturated heterocycles. The van der Waals surface area contributed by atoms with Crippen LogP contribution >= 0.6 is 0 Å². The molecule has 3 rings (SSSR count). The molecular weight excluding hydrogens is 256 g/mol. The molecule has 5 nitrogen and oxygen atoms in total. The first-order valence-corrected chi connectivity index (χ1v) is 7.15. The maximum Gasteiger partial charge on any atom is 0.231 e. The zero-order valence-corrected chi connectivity index (χ0v) is 12.1. The lowest BCUT2D eigenvalue weighted by Crippen LogP contribution is -2.54. The Labute approximate surface area is 119 Å². The number of ether oxygens (including phenoxy) is 2. The van der Waals surface area contributed by atoms with E-state index in [2.05, 4.69) is 5.43 Å². The van der Waals surface area contributed by atoms with Crippen LogP contribution in [0.3, 0.4) is 0 Å². The molecule has 1 aromatic carbocycles. The van der Waals surface area contributed by atoms with Gasteiger partial charge in [-0.25, -0.2) is 5.43 Å². The Bertz CT molecular complexity index is 492. The van der Waals surface area contributed by atoms with Crippen molar-refractivity contribution in [3.63, 3.8) is 0 Å². The number of rotatable bonds is 3. The fraction of sp³-hybridized carbons (Fsp3) is 0.600. The molecule has 0 aromatic heterocycles. The second-order valence-corrected chi connectivity index (χ2v) is 5.81. The summed E-state index contributed by atoms with van der Waals surface area (Å²) in [7, 11) is 3.91. The van der Waals surface area contributed by atoms with Gasteiger partial charge in [-0.05, 0) is 30.5 Å². The predicted octanol–water partition coefficient (Wildman–Crippen LogP) is 1.61. The topological polar surface area (TPSA) is 54.0 Å². The molecule has 1 aliphatic heterocycles. The lowest BCUT2D eigenvalue weighted by Gasteiger charge is -2.42. The Morgan fingerprint density at radius 1 is 1.25 bits per heavy atom. The fourth-order valence-electron chi connectivity index (χ4n) is 3.15. The summed E-state index contributed by atoms with van der Waals surface area (Å²) < 4.78 is 10.8. The summed E-state index contributed by atoms with van der Waals surface area (Å²) in [6.07, 6.45) is 3.90. The van der Waals surface area contributed by atoms with Crippen molar-refractivity contribution in [3.8, 4) is 11.5 Å². The van der Waals surface area contributed by atoms with Crippen LogP contribution in [0.2, 0.25) is 0 Å². The zero-order valence-electron chi connectivity index (χ0n) is 12.1. The van der Waals surface area contributed by atoms with E-state index in [1.165, 1.54) is 0 Å². The van der Waals surface area contributed by atoms with Gasteiger partial charge in [0.15, 0.2) is 11.5 Å². The molecule has 0 spiro atoms. The van der Waals surface area contributed by atoms with Crippen LogP contribution in [-0.2, 0) is 5.60 Å². The minimum absolute atomic E-state index is 0.0200. The Morgan fingerprint density at radius 3 is 2.85 bits per heavy atom. The first-order valence-electron chi connectivity index (χ1n) is 7.15. The van der Waals surface area contributed by atoms with Gasteiger partial charge >= 0.3 is 0 Å². The van der Waals surface area contributed by atoms with Crippen molar-refractivity contribution in [1.29, 1.82) is 0 Å². The highest BCUT2D eigenvalue weighted by Gasteiger charge is 2.41. The third-order valence-electron chi connectivity index (χ3n) is 4.16. The number of fused-ring (bicyclic) bond motifs is 1. The second kappa shape index (κ2) is 5.24. The van der Waals surface area contributed by atoms with Crippen molar-refractivity contribution in [1.82, 2.24) is 10.4 Å². The van der Waals surface area contributed by atoms with Gasteiger partial charge < -0.3 is 14.6 Å². The minimum atomic E-state index is -0.858. The molecule has 2 atom stereocenters. The van der Waals surface area contributed by atoms with Crippen LogP contribution < -0.4 is 14.9 Å². The Hall–Kier alpha value is -1.30. The molecule has 1 saturated carbocycles. The van der Waals surface area contributed by atoms with Crippen molar-refractivity contribution in [2.75, 3.05) is 20.9 Å². The van der Waals surface area contributed by atoms with Gasteiger partial charge in [0.25, 0.3) is 0 Å². The number of hydrazine groups is 1. The molecule has 0 radical (unpaired) electrons. The van der Waals surface area contributed by atoms with E-state index in [9.17, 15) is 5.11 Å². The van der Waals surface area contributed by atoms with E-state index in [4.69, 9.17) is 9.47 Å². The molecule has 20 heavy (non-hydrogen) atoms. The van der Waals surface area contributed by atoms with E-state index < -0.39 is 5.60 Å². The highest BCUT2D eigenvalue weighted by atomic mass is 16.7. The highest BCUT2D eigenvalue weighted by molar-refractivity contribution is 5.46. The Kier molecular flexibility index (Phi) is 3.58. The second-order valence-electron chi connectivity index (χ2n) is 5.81. The van der Waals surface area contributed by atoms with Crippen molar-refractivity contribution in [2.24, 2.45) is 0 Å². The Balaban J connectivity index is 1.91. The van der Waals surface area contributed by atoms with Gasteiger partial charge in [-0.15, -0.1) is 0 Å². The van der Waals surface area contributed by atoms with Crippen LogP contribution in [0, 0.1) is 0 Å². The maximum absolute atomic E-state index is 11.2. The van der Waals surface area contributed by atoms with Gasteiger partial charge in [0.2, 0.25) is 6.79 Å². The fourth-order valence-corrected chi connectivity index (χ4v) is 3.15. The lowest BCUT2D eigenvalue weighted by atomic mass is 9.76. The van der Waals surface area contributed by atoms with Gasteiger partial charge in [-0.1, -0.05) is 18.9 Å². The zero-order chi connectivity index (χ0) is 14.2. The molecule has 110 valence electrons. The summed E-state index contributed by atoms with van der Waals surface area (Å²) in [6, 6.07) is 5.77. The standard InChI is InChI=1S/C15H22N2O3/c1-17(2)16-14-5-3-4-8-15(14,18)11-6-7-12-13(9-11)20-10-19-12/h6-7,9,14,16,18H,3-5,8,10H2,1-2H3/t14-,15-/m0/s1. The maximum atomic E-state index is 11.2. The van der Waals surface area contributed by atoms with Gasteiger partial charge in [-0.2, -0.15) is 0 Å². The van der Waals surface area contributed by atoms with E-state index in [0.717, 1.165) is 42.7 Å². The van der Waals surface area contributed by atoms with Gasteiger partial charge in [0.05, 0.1) is 6.04 Å². The van der Waals surface area contributed by atoms with Crippen molar-refractivity contribution >= 4 is 0 Å². The average Bonchev–Trinajstić information content (AvgIpc) is 2.88. The molecule has 0 amide bonds. The summed E-state index contributed by atoms with van der Waals surface area (Å²) >= 11 is 0. The van der Waals surface area contributed by atoms with Crippen LogP contribution in [0.25, 0.3) is 0 Å². The molecule has 5 heteroatoms. The number of aliphatic hydroxyl groups is 1. The number of nitrogens with zero attached hydrogens (tertiary/aromatic N) is 1. The van der Waals surface area contributed by atoms with Gasteiger partial charge in [-0.3, -0.25) is 5.01 Å². The summed E-state index contributed by atoms with van der Waals surface area (Å²) in [5.74, 6) is 1.48. The number of benzene rings is 1. The highest BCUT2D eigenvalue weighted by Crippen LogP contribution is 2.41. The Morgan fingerprint density at radius 2 is 2.05 bits per heavy atom. The summed E-state index contributed by atoms with van der Waals surface area (Å²) in [6.45, 7) is 0.261. The number of hydrogen-bond acceptors (Lipinski definition) is 5. The van der Waals surface area contributed by atoms with E-state index in [0.29, 0.717) is 0 Å². The van der Waals surface area contributed by atoms with Crippen LogP contribution in [0.15, 0.2) is 18.2 Å². The summed E-state index contributed by atoms with van der Waals surface area (Å²) in [5.41, 5.74) is 3.40. The first-order chi connectivity index (χ1) is 9.59. The third-order valence-corrected chi connectivity index (χ3v) is 4.16. The molecular formula is C15H22N2O3. The van der Waals surface area contributed by atoms with Crippen LogP contribution in [0.4, 0.5) is 0 Å². The van der Waals surface area contributed by atoms with Crippen molar-refractivity contribution < 1.29 is 14.6 Å². The number of nitrogens with one attached hydrogen (secondary N) is 1. The van der Waals surface area contributed by atoms with Crippen LogP contribution in [0.1, 0.15) is 31.2 Å². The molecule has 2 N–H and O–H groups in total. The van der Waals surface area contributed by atoms with Gasteiger partial charge in [0, 0.05) is 14.1 Å². The largest absolute Gasteiger partial charge is 0.454 e. The van der Waals surface area contributed by atoms with Crippen molar-refractivity contribution in [2.45, 2.75) is 37.3 Å². The molecule has 1 aromatic rings. The smallest absolute Gasteiger partial charge is 0.231 e. The lowest BCUT2D eigenvalue weighted by molar-refractivity contribution is -0.0516. The van der Waals surface area contributed by atoms with Gasteiger partial charge in [0.1, 0.15) is 5.60 Å². The van der Waals surface area contributed by atoms with Crippen molar-refractivity contribution in [3.05, 3.63) is 23.8 Å². The average molecular weight is 278 g/mol. The van der Waals surface area contributed by atoms with E-state index in [1.54, 1.807) is 0 Å². The molecule has 1 fully saturated rings. The molecule has 0 unspecified atom stereocenters. The molecule has 2 aliphatic rings. The van der Waals surface area contributed by atoms with E-state index >= 15 is 0 Å². The molecule has 0 bridgehead atoms. The molecule has 1 aliphatic carbocycles. The monoisotopic (exact) mass is 278 g/mol. The number of hydrogen-bond donors (Lipinski definition) is 2. The third kappa shape index (κ3) is 2.37. The van der Waals surface area contributed by atoms with E-state index in [1.807, 2.05) is 37.3 Å².